The molecule has 4 rings (SSSR count). The van der Waals surface area contributed by atoms with Crippen molar-refractivity contribution in [1.82, 2.24) is 9.80 Å². The van der Waals surface area contributed by atoms with Crippen LogP contribution in [0.2, 0.25) is 0 Å². The van der Waals surface area contributed by atoms with Crippen molar-refractivity contribution in [3.8, 4) is 0 Å². The molecule has 0 aromatic heterocycles. The number of carbonyl (C=O) groups is 3. The number of hydrogen-bond acceptors (Lipinski definition) is 8. The average Bonchev–Trinajstić information content (AvgIpc) is 2.96. The molecule has 0 spiro atoms. The Morgan fingerprint density at radius 3 is 2.22 bits per heavy atom. The first-order valence-electron chi connectivity index (χ1n) is 12.1. The molecule has 1 amide bonds. The average molecular weight is 506 g/mol. The van der Waals surface area contributed by atoms with Gasteiger partial charge in [0.2, 0.25) is 0 Å². The van der Waals surface area contributed by atoms with Crippen LogP contribution in [0.4, 0.5) is 5.69 Å². The Bertz CT molecular complexity index is 1170. The molecular formula is C28H31N3O6. The Labute approximate surface area is 216 Å². The Kier molecular flexibility index (Phi) is 8.71. The van der Waals surface area contributed by atoms with Crippen molar-refractivity contribution >= 4 is 29.6 Å². The third-order valence-corrected chi connectivity index (χ3v) is 6.39. The summed E-state index contributed by atoms with van der Waals surface area (Å²) in [6.07, 6.45) is 4.26. The number of nitrogens with zero attached hydrogens (tertiary/aromatic N) is 3. The smallest absolute Gasteiger partial charge is 0.355 e. The molecule has 9 nitrogen and oxygen atoms in total. The maximum atomic E-state index is 13.1. The van der Waals surface area contributed by atoms with Crippen LogP contribution >= 0.6 is 0 Å². The van der Waals surface area contributed by atoms with Gasteiger partial charge in [0.25, 0.3) is 5.91 Å². The molecule has 9 heteroatoms. The standard InChI is InChI=1S/C28H31N3O6/c1-35-27(33)24-19-37-20-31(25(24)28(34)36-2)23-12-10-22(11-13-23)26(32)30-17-15-29(16-18-30)14-6-9-21-7-4-3-5-8-21/h3-13H,14-20H2,1-2H3. The minimum Gasteiger partial charge on any atom is -0.466 e. The number of piperazine rings is 1. The van der Waals surface area contributed by atoms with Crippen LogP contribution < -0.4 is 4.90 Å². The van der Waals surface area contributed by atoms with Gasteiger partial charge < -0.3 is 24.0 Å². The van der Waals surface area contributed by atoms with E-state index in [4.69, 9.17) is 14.2 Å². The van der Waals surface area contributed by atoms with E-state index in [1.165, 1.54) is 24.7 Å². The minimum absolute atomic E-state index is 0.0418. The molecule has 2 aliphatic heterocycles. The molecule has 0 atom stereocenters. The molecular weight excluding hydrogens is 474 g/mol. The summed E-state index contributed by atoms with van der Waals surface area (Å²) in [6, 6.07) is 17.1. The minimum atomic E-state index is -0.666. The number of esters is 2. The summed E-state index contributed by atoms with van der Waals surface area (Å²) in [5.74, 6) is -1.37. The third kappa shape index (κ3) is 6.25. The largest absolute Gasteiger partial charge is 0.466 e. The first kappa shape index (κ1) is 26.1. The molecule has 2 aliphatic rings. The lowest BCUT2D eigenvalue weighted by Crippen LogP contribution is -2.48. The normalized spacial score (nSPS) is 16.7. The van der Waals surface area contributed by atoms with Crippen molar-refractivity contribution in [3.63, 3.8) is 0 Å². The van der Waals surface area contributed by atoms with Gasteiger partial charge in [-0.25, -0.2) is 9.59 Å². The fourth-order valence-electron chi connectivity index (χ4n) is 4.35. The molecule has 1 fully saturated rings. The highest BCUT2D eigenvalue weighted by Crippen LogP contribution is 2.27. The maximum Gasteiger partial charge on any atom is 0.355 e. The number of hydrogen-bond donors (Lipinski definition) is 0. The second-order valence-electron chi connectivity index (χ2n) is 8.67. The molecule has 0 N–H and O–H groups in total. The van der Waals surface area contributed by atoms with E-state index in [0.29, 0.717) is 24.3 Å². The van der Waals surface area contributed by atoms with E-state index in [1.807, 2.05) is 23.1 Å². The molecule has 0 bridgehead atoms. The zero-order valence-corrected chi connectivity index (χ0v) is 21.1. The molecule has 0 unspecified atom stereocenters. The number of methoxy groups -OCH3 is 2. The van der Waals surface area contributed by atoms with E-state index in [-0.39, 0.29) is 30.5 Å². The van der Waals surface area contributed by atoms with Gasteiger partial charge in [0, 0.05) is 44.0 Å². The highest BCUT2D eigenvalue weighted by Gasteiger charge is 2.32. The number of rotatable bonds is 7. The fraction of sp³-hybridized carbons (Fsp3) is 0.321. The van der Waals surface area contributed by atoms with Gasteiger partial charge in [-0.15, -0.1) is 0 Å². The Morgan fingerprint density at radius 2 is 1.57 bits per heavy atom. The van der Waals surface area contributed by atoms with Crippen LogP contribution in [0.1, 0.15) is 15.9 Å². The Hall–Kier alpha value is -3.95. The van der Waals surface area contributed by atoms with E-state index in [2.05, 4.69) is 29.2 Å². The van der Waals surface area contributed by atoms with Crippen LogP contribution in [-0.4, -0.2) is 87.9 Å². The quantitative estimate of drug-likeness (QED) is 0.531. The number of anilines is 1. The van der Waals surface area contributed by atoms with E-state index in [0.717, 1.165) is 19.6 Å². The molecule has 2 aromatic carbocycles. The second kappa shape index (κ2) is 12.3. The van der Waals surface area contributed by atoms with Crippen molar-refractivity contribution in [2.24, 2.45) is 0 Å². The van der Waals surface area contributed by atoms with Crippen LogP contribution in [0.15, 0.2) is 71.9 Å². The Balaban J connectivity index is 1.38. The zero-order valence-electron chi connectivity index (χ0n) is 21.1. The third-order valence-electron chi connectivity index (χ3n) is 6.39. The van der Waals surface area contributed by atoms with E-state index >= 15 is 0 Å². The topological polar surface area (TPSA) is 88.6 Å². The van der Waals surface area contributed by atoms with Crippen molar-refractivity contribution in [2.45, 2.75) is 0 Å². The Morgan fingerprint density at radius 1 is 0.892 bits per heavy atom. The van der Waals surface area contributed by atoms with Crippen LogP contribution in [0, 0.1) is 0 Å². The van der Waals surface area contributed by atoms with Crippen molar-refractivity contribution in [2.75, 3.05) is 65.2 Å². The number of carbonyl (C=O) groups excluding carboxylic acids is 3. The highest BCUT2D eigenvalue weighted by atomic mass is 16.5. The van der Waals surface area contributed by atoms with Crippen LogP contribution in [0.3, 0.4) is 0 Å². The van der Waals surface area contributed by atoms with Gasteiger partial charge in [-0.2, -0.15) is 0 Å². The molecule has 37 heavy (non-hydrogen) atoms. The molecule has 2 heterocycles. The van der Waals surface area contributed by atoms with Crippen molar-refractivity contribution < 1.29 is 28.6 Å². The lowest BCUT2D eigenvalue weighted by molar-refractivity contribution is -0.140. The van der Waals surface area contributed by atoms with Gasteiger partial charge in [-0.1, -0.05) is 42.5 Å². The van der Waals surface area contributed by atoms with Gasteiger partial charge in [-0.05, 0) is 29.8 Å². The van der Waals surface area contributed by atoms with Gasteiger partial charge in [-0.3, -0.25) is 9.69 Å². The molecule has 0 radical (unpaired) electrons. The van der Waals surface area contributed by atoms with Gasteiger partial charge in [0.15, 0.2) is 0 Å². The second-order valence-corrected chi connectivity index (χ2v) is 8.67. The predicted molar refractivity (Wildman–Crippen MR) is 139 cm³/mol. The van der Waals surface area contributed by atoms with Gasteiger partial charge in [0.05, 0.1) is 26.4 Å². The van der Waals surface area contributed by atoms with Crippen LogP contribution in [0.5, 0.6) is 0 Å². The summed E-state index contributed by atoms with van der Waals surface area (Å²) < 4.78 is 15.2. The summed E-state index contributed by atoms with van der Waals surface area (Å²) in [6.45, 7) is 3.74. The summed E-state index contributed by atoms with van der Waals surface area (Å²) in [5.41, 5.74) is 2.46. The lowest BCUT2D eigenvalue weighted by Gasteiger charge is -2.34. The summed E-state index contributed by atoms with van der Waals surface area (Å²) >= 11 is 0. The van der Waals surface area contributed by atoms with Crippen LogP contribution in [-0.2, 0) is 23.8 Å². The van der Waals surface area contributed by atoms with Crippen molar-refractivity contribution in [3.05, 3.63) is 83.1 Å². The molecule has 0 saturated carbocycles. The molecule has 0 aliphatic carbocycles. The fourth-order valence-corrected chi connectivity index (χ4v) is 4.35. The van der Waals surface area contributed by atoms with E-state index in [9.17, 15) is 14.4 Å². The summed E-state index contributed by atoms with van der Waals surface area (Å²) in [7, 11) is 2.49. The first-order valence-corrected chi connectivity index (χ1v) is 12.1. The van der Waals surface area contributed by atoms with Gasteiger partial charge in [0.1, 0.15) is 12.4 Å². The van der Waals surface area contributed by atoms with E-state index in [1.54, 1.807) is 24.3 Å². The molecule has 1 saturated heterocycles. The maximum absolute atomic E-state index is 13.1. The van der Waals surface area contributed by atoms with Crippen molar-refractivity contribution in [1.29, 1.82) is 0 Å². The SMILES string of the molecule is COC(=O)C1=C(C(=O)OC)N(c2ccc(C(=O)N3CCN(CC=Cc4ccccc4)CC3)cc2)COC1. The first-order chi connectivity index (χ1) is 18.0. The van der Waals surface area contributed by atoms with Gasteiger partial charge >= 0.3 is 11.9 Å². The summed E-state index contributed by atoms with van der Waals surface area (Å²) in [4.78, 5) is 43.5. The van der Waals surface area contributed by atoms with E-state index < -0.39 is 11.9 Å². The molecule has 2 aromatic rings. The number of ether oxygens (including phenoxy) is 3. The summed E-state index contributed by atoms with van der Waals surface area (Å²) in [5, 5.41) is 0. The highest BCUT2D eigenvalue weighted by molar-refractivity contribution is 6.03. The lowest BCUT2D eigenvalue weighted by atomic mass is 10.1. The zero-order chi connectivity index (χ0) is 26.2. The monoisotopic (exact) mass is 505 g/mol. The number of benzene rings is 2. The molecule has 194 valence electrons. The predicted octanol–water partition coefficient (Wildman–Crippen LogP) is 2.55. The number of amides is 1. The van der Waals surface area contributed by atoms with Crippen LogP contribution in [0.25, 0.3) is 6.08 Å².